The van der Waals surface area contributed by atoms with Crippen molar-refractivity contribution in [2.24, 2.45) is 0 Å². The van der Waals surface area contributed by atoms with E-state index in [-0.39, 0.29) is 18.1 Å². The monoisotopic (exact) mass is 301 g/mol. The molecule has 7 nitrogen and oxygen atoms in total. The van der Waals surface area contributed by atoms with Crippen molar-refractivity contribution in [2.45, 2.75) is 33.0 Å². The third kappa shape index (κ3) is 2.85. The molecule has 0 N–H and O–H groups in total. The maximum absolute atomic E-state index is 12.7. The van der Waals surface area contributed by atoms with Crippen LogP contribution in [0.1, 0.15) is 29.8 Å². The molecule has 22 heavy (non-hydrogen) atoms. The summed E-state index contributed by atoms with van der Waals surface area (Å²) in [5, 5.41) is 11.1. The van der Waals surface area contributed by atoms with Crippen molar-refractivity contribution in [3.8, 4) is 5.69 Å². The van der Waals surface area contributed by atoms with Gasteiger partial charge in [-0.2, -0.15) is 0 Å². The van der Waals surface area contributed by atoms with Gasteiger partial charge in [0.05, 0.1) is 17.9 Å². The minimum absolute atomic E-state index is 0.0355. The first-order valence-electron chi connectivity index (χ1n) is 7.33. The van der Waals surface area contributed by atoms with Gasteiger partial charge in [0.25, 0.3) is 5.91 Å². The number of carbonyl (C=O) groups excluding carboxylic acids is 1. The highest BCUT2D eigenvalue weighted by atomic mass is 16.5. The summed E-state index contributed by atoms with van der Waals surface area (Å²) in [4.78, 5) is 14.5. The molecule has 0 radical (unpaired) electrons. The largest absolute Gasteiger partial charge is 0.372 e. The molecule has 2 atom stereocenters. The molecular formula is C15H19N5O2. The molecule has 0 bridgehead atoms. The number of aromatic nitrogens is 4. The van der Waals surface area contributed by atoms with Gasteiger partial charge in [0.1, 0.15) is 6.33 Å². The Kier molecular flexibility index (Phi) is 3.89. The van der Waals surface area contributed by atoms with Crippen LogP contribution in [0, 0.1) is 6.92 Å². The maximum atomic E-state index is 12.7. The molecule has 1 aliphatic rings. The quantitative estimate of drug-likeness (QED) is 0.834. The highest BCUT2D eigenvalue weighted by molar-refractivity contribution is 5.94. The number of amides is 1. The summed E-state index contributed by atoms with van der Waals surface area (Å²) in [7, 11) is 0. The van der Waals surface area contributed by atoms with Crippen molar-refractivity contribution in [1.82, 2.24) is 25.1 Å². The van der Waals surface area contributed by atoms with E-state index in [0.29, 0.717) is 18.7 Å². The molecular weight excluding hydrogens is 282 g/mol. The van der Waals surface area contributed by atoms with Crippen molar-refractivity contribution >= 4 is 5.91 Å². The van der Waals surface area contributed by atoms with E-state index in [0.717, 1.165) is 11.3 Å². The van der Waals surface area contributed by atoms with Crippen LogP contribution >= 0.6 is 0 Å². The van der Waals surface area contributed by atoms with Crippen LogP contribution in [-0.2, 0) is 4.74 Å². The molecule has 0 saturated carbocycles. The summed E-state index contributed by atoms with van der Waals surface area (Å²) in [5.41, 5.74) is 2.49. The Bertz CT molecular complexity index is 661. The predicted octanol–water partition coefficient (Wildman–Crippen LogP) is 1.22. The standard InChI is InChI=1S/C15H19N5O2/c1-10-6-13(4-5-14(10)20-9-16-17-18-20)15(21)19-7-11(2)22-12(3)8-19/h4-6,9,11-12H,7-8H2,1-3H3. The average molecular weight is 301 g/mol. The summed E-state index contributed by atoms with van der Waals surface area (Å²) in [6.45, 7) is 7.16. The average Bonchev–Trinajstić information content (AvgIpc) is 2.99. The van der Waals surface area contributed by atoms with Gasteiger partial charge in [-0.25, -0.2) is 4.68 Å². The predicted molar refractivity (Wildman–Crippen MR) is 79.8 cm³/mol. The smallest absolute Gasteiger partial charge is 0.254 e. The number of morpholine rings is 1. The topological polar surface area (TPSA) is 73.1 Å². The Morgan fingerprint density at radius 3 is 2.59 bits per heavy atom. The number of rotatable bonds is 2. The van der Waals surface area contributed by atoms with Crippen molar-refractivity contribution in [1.29, 1.82) is 0 Å². The maximum Gasteiger partial charge on any atom is 0.254 e. The molecule has 2 heterocycles. The minimum Gasteiger partial charge on any atom is -0.372 e. The third-order valence-electron chi connectivity index (χ3n) is 3.75. The summed E-state index contributed by atoms with van der Waals surface area (Å²) in [6, 6.07) is 5.56. The Balaban J connectivity index is 1.83. The molecule has 1 fully saturated rings. The highest BCUT2D eigenvalue weighted by Gasteiger charge is 2.26. The second-order valence-electron chi connectivity index (χ2n) is 5.72. The Morgan fingerprint density at radius 2 is 2.00 bits per heavy atom. The van der Waals surface area contributed by atoms with Gasteiger partial charge in [-0.3, -0.25) is 4.79 Å². The zero-order valence-corrected chi connectivity index (χ0v) is 12.9. The van der Waals surface area contributed by atoms with Crippen LogP contribution in [0.5, 0.6) is 0 Å². The second kappa shape index (κ2) is 5.84. The minimum atomic E-state index is 0.0355. The van der Waals surface area contributed by atoms with Crippen LogP contribution in [0.15, 0.2) is 24.5 Å². The Morgan fingerprint density at radius 1 is 1.27 bits per heavy atom. The van der Waals surface area contributed by atoms with Crippen molar-refractivity contribution in [2.75, 3.05) is 13.1 Å². The van der Waals surface area contributed by atoms with Crippen LogP contribution in [0.2, 0.25) is 0 Å². The third-order valence-corrected chi connectivity index (χ3v) is 3.75. The zero-order valence-electron chi connectivity index (χ0n) is 12.9. The van der Waals surface area contributed by atoms with E-state index in [9.17, 15) is 4.79 Å². The van der Waals surface area contributed by atoms with E-state index in [4.69, 9.17) is 4.74 Å². The van der Waals surface area contributed by atoms with Gasteiger partial charge in [0.15, 0.2) is 0 Å². The molecule has 1 aromatic carbocycles. The number of carbonyl (C=O) groups is 1. The van der Waals surface area contributed by atoms with Gasteiger partial charge in [0.2, 0.25) is 0 Å². The van der Waals surface area contributed by atoms with Crippen molar-refractivity contribution < 1.29 is 9.53 Å². The van der Waals surface area contributed by atoms with Crippen LogP contribution in [0.3, 0.4) is 0 Å². The summed E-state index contributed by atoms with van der Waals surface area (Å²) >= 11 is 0. The first kappa shape index (κ1) is 14.6. The molecule has 1 saturated heterocycles. The van der Waals surface area contributed by atoms with E-state index in [2.05, 4.69) is 15.5 Å². The van der Waals surface area contributed by atoms with Gasteiger partial charge in [0, 0.05) is 18.7 Å². The SMILES string of the molecule is Cc1cc(C(=O)N2CC(C)OC(C)C2)ccc1-n1cnnn1. The number of nitrogens with zero attached hydrogens (tertiary/aromatic N) is 5. The van der Waals surface area contributed by atoms with Crippen LogP contribution in [-0.4, -0.2) is 56.3 Å². The van der Waals surface area contributed by atoms with Crippen molar-refractivity contribution in [3.63, 3.8) is 0 Å². The number of hydrogen-bond donors (Lipinski definition) is 0. The molecule has 2 unspecified atom stereocenters. The van der Waals surface area contributed by atoms with E-state index < -0.39 is 0 Å². The van der Waals surface area contributed by atoms with E-state index in [1.165, 1.54) is 6.33 Å². The van der Waals surface area contributed by atoms with E-state index in [1.54, 1.807) is 4.68 Å². The summed E-state index contributed by atoms with van der Waals surface area (Å²) < 4.78 is 7.26. The molecule has 0 aliphatic carbocycles. The van der Waals surface area contributed by atoms with Crippen molar-refractivity contribution in [3.05, 3.63) is 35.7 Å². The van der Waals surface area contributed by atoms with E-state index in [1.807, 2.05) is 43.9 Å². The zero-order chi connectivity index (χ0) is 15.7. The van der Waals surface area contributed by atoms with Crippen LogP contribution < -0.4 is 0 Å². The lowest BCUT2D eigenvalue weighted by molar-refractivity contribution is -0.0586. The molecule has 2 aromatic rings. The number of aryl methyl sites for hydroxylation is 1. The van der Waals surface area contributed by atoms with Crippen LogP contribution in [0.4, 0.5) is 0 Å². The lowest BCUT2D eigenvalue weighted by atomic mass is 10.1. The molecule has 0 spiro atoms. The number of benzene rings is 1. The molecule has 1 aromatic heterocycles. The van der Waals surface area contributed by atoms with E-state index >= 15 is 0 Å². The molecule has 1 amide bonds. The normalized spacial score (nSPS) is 21.9. The van der Waals surface area contributed by atoms with Gasteiger partial charge < -0.3 is 9.64 Å². The Labute approximate surface area is 128 Å². The van der Waals surface area contributed by atoms with Gasteiger partial charge in [-0.15, -0.1) is 5.10 Å². The lowest BCUT2D eigenvalue weighted by Crippen LogP contribution is -2.48. The lowest BCUT2D eigenvalue weighted by Gasteiger charge is -2.35. The number of tetrazole rings is 1. The van der Waals surface area contributed by atoms with Gasteiger partial charge in [-0.05, 0) is 55.0 Å². The molecule has 7 heteroatoms. The van der Waals surface area contributed by atoms with Gasteiger partial charge >= 0.3 is 0 Å². The van der Waals surface area contributed by atoms with Crippen LogP contribution in [0.25, 0.3) is 5.69 Å². The number of ether oxygens (including phenoxy) is 1. The summed E-state index contributed by atoms with van der Waals surface area (Å²) in [5.74, 6) is 0.0355. The fourth-order valence-electron chi connectivity index (χ4n) is 2.84. The fraction of sp³-hybridized carbons (Fsp3) is 0.467. The van der Waals surface area contributed by atoms with Gasteiger partial charge in [-0.1, -0.05) is 0 Å². The first-order valence-corrected chi connectivity index (χ1v) is 7.33. The summed E-state index contributed by atoms with van der Waals surface area (Å²) in [6.07, 6.45) is 1.67. The molecule has 3 rings (SSSR count). The molecule has 116 valence electrons. The fourth-order valence-corrected chi connectivity index (χ4v) is 2.84. The Hall–Kier alpha value is -2.28. The number of hydrogen-bond acceptors (Lipinski definition) is 5. The first-order chi connectivity index (χ1) is 10.5. The molecule has 1 aliphatic heterocycles. The highest BCUT2D eigenvalue weighted by Crippen LogP contribution is 2.18. The second-order valence-corrected chi connectivity index (χ2v) is 5.72.